The molecule has 0 bridgehead atoms. The monoisotopic (exact) mass is 249 g/mol. The minimum absolute atomic E-state index is 0. The smallest absolute Gasteiger partial charge is 0.241 e. The Morgan fingerprint density at radius 1 is 1.33 bits per heavy atom. The highest BCUT2D eigenvalue weighted by Gasteiger charge is 2.23. The van der Waals surface area contributed by atoms with Gasteiger partial charge in [-0.25, -0.2) is 0 Å². The molecule has 15 heavy (non-hydrogen) atoms. The molecule has 1 unspecified atom stereocenters. The first-order valence-electron chi connectivity index (χ1n) is 4.12. The maximum atomic E-state index is 11.2. The van der Waals surface area contributed by atoms with E-state index in [1.165, 1.54) is 0 Å². The highest BCUT2D eigenvalue weighted by Crippen LogP contribution is 2.27. The predicted molar refractivity (Wildman–Crippen MR) is 65.7 cm³/mol. The normalized spacial score (nSPS) is 17.9. The van der Waals surface area contributed by atoms with Gasteiger partial charge in [0.15, 0.2) is 0 Å². The van der Waals surface area contributed by atoms with E-state index in [0.717, 1.165) is 5.56 Å². The van der Waals surface area contributed by atoms with Gasteiger partial charge in [-0.15, -0.1) is 24.8 Å². The third-order valence-corrected chi connectivity index (χ3v) is 2.21. The van der Waals surface area contributed by atoms with Crippen LogP contribution in [0.4, 0.5) is 11.4 Å². The Kier molecular flexibility index (Phi) is 4.87. The van der Waals surface area contributed by atoms with Crippen LogP contribution in [0.2, 0.25) is 0 Å². The highest BCUT2D eigenvalue weighted by molar-refractivity contribution is 6.00. The number of hydrogen-bond donors (Lipinski definition) is 3. The number of amides is 1. The molecule has 1 aliphatic rings. The fraction of sp³-hybridized carbons (Fsp3) is 0.222. The van der Waals surface area contributed by atoms with Crippen molar-refractivity contribution in [3.05, 3.63) is 23.8 Å². The first-order valence-corrected chi connectivity index (χ1v) is 4.12. The van der Waals surface area contributed by atoms with Gasteiger partial charge in [0.2, 0.25) is 5.91 Å². The summed E-state index contributed by atoms with van der Waals surface area (Å²) in [5.41, 5.74) is 13.6. The summed E-state index contributed by atoms with van der Waals surface area (Å²) in [6.45, 7) is 0. The number of para-hydroxylation sites is 1. The van der Waals surface area contributed by atoms with E-state index in [4.69, 9.17) is 11.5 Å². The van der Waals surface area contributed by atoms with Crippen molar-refractivity contribution in [2.24, 2.45) is 5.73 Å². The fourth-order valence-electron chi connectivity index (χ4n) is 1.49. The van der Waals surface area contributed by atoms with E-state index in [1.807, 2.05) is 12.1 Å². The summed E-state index contributed by atoms with van der Waals surface area (Å²) >= 11 is 0. The van der Waals surface area contributed by atoms with Crippen LogP contribution in [-0.2, 0) is 11.2 Å². The predicted octanol–water partition coefficient (Wildman–Crippen LogP) is 0.934. The number of benzene rings is 1. The summed E-state index contributed by atoms with van der Waals surface area (Å²) in [6.07, 6.45) is 0.562. The molecule has 1 aromatic rings. The molecule has 0 saturated heterocycles. The Hall–Kier alpha value is -0.970. The molecule has 0 radical (unpaired) electrons. The summed E-state index contributed by atoms with van der Waals surface area (Å²) in [4.78, 5) is 11.2. The summed E-state index contributed by atoms with van der Waals surface area (Å²) in [5, 5.41) is 2.69. The van der Waals surface area contributed by atoms with Crippen LogP contribution in [0.5, 0.6) is 0 Å². The zero-order valence-corrected chi connectivity index (χ0v) is 9.53. The fourth-order valence-corrected chi connectivity index (χ4v) is 1.49. The summed E-state index contributed by atoms with van der Waals surface area (Å²) in [7, 11) is 0. The number of carbonyl (C=O) groups is 1. The van der Waals surface area contributed by atoms with Gasteiger partial charge in [0.05, 0.1) is 17.4 Å². The quantitative estimate of drug-likeness (QED) is 0.599. The maximum Gasteiger partial charge on any atom is 0.241 e. The van der Waals surface area contributed by atoms with E-state index in [1.54, 1.807) is 6.07 Å². The van der Waals surface area contributed by atoms with Gasteiger partial charge in [0, 0.05) is 0 Å². The first-order chi connectivity index (χ1) is 6.18. The molecule has 1 atom stereocenters. The highest BCUT2D eigenvalue weighted by atomic mass is 35.5. The Morgan fingerprint density at radius 2 is 2.00 bits per heavy atom. The van der Waals surface area contributed by atoms with Crippen molar-refractivity contribution in [1.29, 1.82) is 0 Å². The molecule has 6 heteroatoms. The Morgan fingerprint density at radius 3 is 2.67 bits per heavy atom. The maximum absolute atomic E-state index is 11.2. The molecule has 1 heterocycles. The molecule has 84 valence electrons. The van der Waals surface area contributed by atoms with Gasteiger partial charge in [0.1, 0.15) is 0 Å². The molecule has 0 fully saturated rings. The average Bonchev–Trinajstić information content (AvgIpc) is 2.09. The van der Waals surface area contributed by atoms with Gasteiger partial charge < -0.3 is 16.8 Å². The number of carbonyl (C=O) groups excluding carboxylic acids is 1. The molecular weight excluding hydrogens is 237 g/mol. The van der Waals surface area contributed by atoms with Crippen molar-refractivity contribution in [3.63, 3.8) is 0 Å². The number of hydrogen-bond acceptors (Lipinski definition) is 3. The zero-order valence-electron chi connectivity index (χ0n) is 7.90. The van der Waals surface area contributed by atoms with Crippen LogP contribution < -0.4 is 16.8 Å². The van der Waals surface area contributed by atoms with Crippen molar-refractivity contribution in [2.75, 3.05) is 11.1 Å². The lowest BCUT2D eigenvalue weighted by atomic mass is 9.99. The van der Waals surface area contributed by atoms with Crippen LogP contribution in [0.15, 0.2) is 18.2 Å². The van der Waals surface area contributed by atoms with E-state index in [9.17, 15) is 4.79 Å². The first kappa shape index (κ1) is 14.0. The van der Waals surface area contributed by atoms with Crippen LogP contribution in [0.25, 0.3) is 0 Å². The van der Waals surface area contributed by atoms with E-state index < -0.39 is 6.04 Å². The van der Waals surface area contributed by atoms with Crippen LogP contribution in [0.1, 0.15) is 5.56 Å². The second-order valence-corrected chi connectivity index (χ2v) is 3.18. The number of halogens is 2. The average molecular weight is 250 g/mol. The molecule has 5 N–H and O–H groups in total. The molecule has 1 aliphatic heterocycles. The molecule has 0 saturated carbocycles. The molecule has 2 rings (SSSR count). The van der Waals surface area contributed by atoms with Gasteiger partial charge in [0.25, 0.3) is 0 Å². The second-order valence-electron chi connectivity index (χ2n) is 3.18. The molecule has 4 nitrogen and oxygen atoms in total. The van der Waals surface area contributed by atoms with Gasteiger partial charge >= 0.3 is 0 Å². The van der Waals surface area contributed by atoms with Crippen LogP contribution in [0, 0.1) is 0 Å². The Balaban J connectivity index is 0.000000980. The van der Waals surface area contributed by atoms with Crippen molar-refractivity contribution in [2.45, 2.75) is 12.5 Å². The summed E-state index contributed by atoms with van der Waals surface area (Å²) in [6, 6.07) is 5.09. The standard InChI is InChI=1S/C9H11N3O.2ClH/c10-6-3-1-2-5-4-7(11)9(13)12-8(5)6;;/h1-3,7H,4,10-11H2,(H,12,13);2*1H. The van der Waals surface area contributed by atoms with Crippen molar-refractivity contribution in [3.8, 4) is 0 Å². The second kappa shape index (κ2) is 5.21. The third kappa shape index (κ3) is 2.53. The molecule has 0 aromatic heterocycles. The van der Waals surface area contributed by atoms with Crippen molar-refractivity contribution in [1.82, 2.24) is 0 Å². The SMILES string of the molecule is Cl.Cl.Nc1cccc2c1NC(=O)C(N)C2. The minimum atomic E-state index is -0.450. The van der Waals surface area contributed by atoms with Gasteiger partial charge in [-0.1, -0.05) is 12.1 Å². The lowest BCUT2D eigenvalue weighted by Gasteiger charge is -2.22. The topological polar surface area (TPSA) is 81.1 Å². The number of nitrogens with two attached hydrogens (primary N) is 2. The third-order valence-electron chi connectivity index (χ3n) is 2.21. The number of fused-ring (bicyclic) bond motifs is 1. The number of anilines is 2. The largest absolute Gasteiger partial charge is 0.397 e. The Labute approximate surface area is 100 Å². The Bertz CT molecular complexity index is 370. The number of nitrogen functional groups attached to an aromatic ring is 1. The molecule has 0 aliphatic carbocycles. The van der Waals surface area contributed by atoms with Gasteiger partial charge in [-0.05, 0) is 18.1 Å². The molecular formula is C9H13Cl2N3O. The lowest BCUT2D eigenvalue weighted by Crippen LogP contribution is -2.41. The van der Waals surface area contributed by atoms with Crippen molar-refractivity contribution < 1.29 is 4.79 Å². The van der Waals surface area contributed by atoms with Gasteiger partial charge in [-0.3, -0.25) is 4.79 Å². The van der Waals surface area contributed by atoms with Crippen LogP contribution >= 0.6 is 24.8 Å². The summed E-state index contributed by atoms with van der Waals surface area (Å²) in [5.74, 6) is -0.162. The van der Waals surface area contributed by atoms with E-state index in [-0.39, 0.29) is 30.7 Å². The van der Waals surface area contributed by atoms with E-state index >= 15 is 0 Å². The molecule has 1 amide bonds. The molecule has 0 spiro atoms. The van der Waals surface area contributed by atoms with Crippen LogP contribution in [0.3, 0.4) is 0 Å². The van der Waals surface area contributed by atoms with E-state index in [0.29, 0.717) is 17.8 Å². The summed E-state index contributed by atoms with van der Waals surface area (Å²) < 4.78 is 0. The zero-order chi connectivity index (χ0) is 9.42. The van der Waals surface area contributed by atoms with Crippen molar-refractivity contribution >= 4 is 42.1 Å². The lowest BCUT2D eigenvalue weighted by molar-refractivity contribution is -0.117. The number of rotatable bonds is 0. The minimum Gasteiger partial charge on any atom is -0.397 e. The van der Waals surface area contributed by atoms with Gasteiger partial charge in [-0.2, -0.15) is 0 Å². The van der Waals surface area contributed by atoms with E-state index in [2.05, 4.69) is 5.32 Å². The van der Waals surface area contributed by atoms with Crippen LogP contribution in [-0.4, -0.2) is 11.9 Å². The number of nitrogens with one attached hydrogen (secondary N) is 1. The molecule has 1 aromatic carbocycles.